The summed E-state index contributed by atoms with van der Waals surface area (Å²) in [5, 5.41) is 2.68. The molecule has 2 aliphatic carbocycles. The highest BCUT2D eigenvalue weighted by molar-refractivity contribution is 5.94. The topological polar surface area (TPSA) is 90.5 Å². The van der Waals surface area contributed by atoms with Crippen LogP contribution in [0.15, 0.2) is 33.7 Å². The highest BCUT2D eigenvalue weighted by Gasteiger charge is 2.26. The van der Waals surface area contributed by atoms with Gasteiger partial charge in [0.25, 0.3) is 11.5 Å². The second kappa shape index (κ2) is 10.9. The summed E-state index contributed by atoms with van der Waals surface area (Å²) >= 11 is 0. The van der Waals surface area contributed by atoms with Gasteiger partial charge in [0.1, 0.15) is 5.56 Å². The molecule has 1 atom stereocenters. The maximum absolute atomic E-state index is 13.6. The molecule has 2 aromatic heterocycles. The van der Waals surface area contributed by atoms with Gasteiger partial charge in [0, 0.05) is 19.2 Å². The second-order valence-corrected chi connectivity index (χ2v) is 9.34. The van der Waals surface area contributed by atoms with Crippen LogP contribution in [0.5, 0.6) is 0 Å². The Morgan fingerprint density at radius 1 is 1.12 bits per heavy atom. The van der Waals surface area contributed by atoms with Gasteiger partial charge in [0.05, 0.1) is 6.26 Å². The summed E-state index contributed by atoms with van der Waals surface area (Å²) in [5.41, 5.74) is 2.05. The van der Waals surface area contributed by atoms with Crippen molar-refractivity contribution < 1.29 is 18.7 Å². The van der Waals surface area contributed by atoms with E-state index in [0.717, 1.165) is 56.2 Å². The lowest BCUT2D eigenvalue weighted by molar-refractivity contribution is -0.148. The van der Waals surface area contributed by atoms with E-state index in [1.54, 1.807) is 18.2 Å². The van der Waals surface area contributed by atoms with Crippen molar-refractivity contribution >= 4 is 11.9 Å². The van der Waals surface area contributed by atoms with E-state index in [4.69, 9.17) is 9.15 Å². The van der Waals surface area contributed by atoms with Gasteiger partial charge in [-0.05, 0) is 68.2 Å². The first-order chi connectivity index (χ1) is 16.0. The maximum atomic E-state index is 13.6. The SMILES string of the molecule is CC(=O)OC(NC(=O)c1cc2c(n(CC3CCCCC3)c1=O)CCCCCC2)c1ccco1. The number of esters is 1. The Labute approximate surface area is 194 Å². The molecule has 1 fully saturated rings. The lowest BCUT2D eigenvalue weighted by atomic mass is 9.88. The summed E-state index contributed by atoms with van der Waals surface area (Å²) in [6.45, 7) is 1.94. The molecule has 2 heterocycles. The zero-order chi connectivity index (χ0) is 23.2. The Kier molecular flexibility index (Phi) is 7.68. The van der Waals surface area contributed by atoms with Crippen LogP contribution in [0.3, 0.4) is 0 Å². The molecule has 0 bridgehead atoms. The van der Waals surface area contributed by atoms with Crippen LogP contribution in [0, 0.1) is 5.92 Å². The number of carbonyl (C=O) groups excluding carboxylic acids is 2. The van der Waals surface area contributed by atoms with E-state index in [2.05, 4.69) is 5.32 Å². The molecule has 1 saturated carbocycles. The lowest BCUT2D eigenvalue weighted by Crippen LogP contribution is -2.39. The first kappa shape index (κ1) is 23.3. The number of nitrogens with one attached hydrogen (secondary N) is 1. The third-order valence-electron chi connectivity index (χ3n) is 6.86. The fourth-order valence-corrected chi connectivity index (χ4v) is 5.18. The average molecular weight is 455 g/mol. The number of amides is 1. The average Bonchev–Trinajstić information content (AvgIpc) is 3.31. The van der Waals surface area contributed by atoms with Crippen molar-refractivity contribution in [1.82, 2.24) is 9.88 Å². The number of hydrogen-bond donors (Lipinski definition) is 1. The molecule has 1 unspecified atom stereocenters. The largest absolute Gasteiger partial charge is 0.463 e. The summed E-state index contributed by atoms with van der Waals surface area (Å²) < 4.78 is 12.5. The Bertz CT molecular complexity index is 1020. The molecule has 178 valence electrons. The molecule has 7 nitrogen and oxygen atoms in total. The zero-order valence-corrected chi connectivity index (χ0v) is 19.4. The smallest absolute Gasteiger partial charge is 0.304 e. The predicted molar refractivity (Wildman–Crippen MR) is 124 cm³/mol. The molecule has 2 aromatic rings. The number of aryl methyl sites for hydroxylation is 1. The van der Waals surface area contributed by atoms with E-state index < -0.39 is 18.1 Å². The predicted octanol–water partition coefficient (Wildman–Crippen LogP) is 4.67. The molecule has 2 aliphatic rings. The fourth-order valence-electron chi connectivity index (χ4n) is 5.18. The van der Waals surface area contributed by atoms with E-state index in [0.29, 0.717) is 18.2 Å². The summed E-state index contributed by atoms with van der Waals surface area (Å²) in [7, 11) is 0. The van der Waals surface area contributed by atoms with E-state index in [-0.39, 0.29) is 11.1 Å². The summed E-state index contributed by atoms with van der Waals surface area (Å²) in [6.07, 6.45) is 12.5. The fraction of sp³-hybridized carbons (Fsp3) is 0.577. The number of pyridine rings is 1. The van der Waals surface area contributed by atoms with Crippen LogP contribution in [-0.4, -0.2) is 16.4 Å². The van der Waals surface area contributed by atoms with Gasteiger partial charge in [0.15, 0.2) is 5.76 Å². The maximum Gasteiger partial charge on any atom is 0.304 e. The van der Waals surface area contributed by atoms with Gasteiger partial charge < -0.3 is 19.0 Å². The van der Waals surface area contributed by atoms with Gasteiger partial charge in [-0.25, -0.2) is 0 Å². The van der Waals surface area contributed by atoms with Crippen LogP contribution < -0.4 is 10.9 Å². The molecule has 1 amide bonds. The minimum Gasteiger partial charge on any atom is -0.463 e. The van der Waals surface area contributed by atoms with Gasteiger partial charge in [-0.1, -0.05) is 32.1 Å². The Morgan fingerprint density at radius 3 is 2.55 bits per heavy atom. The molecule has 0 saturated heterocycles. The minimum absolute atomic E-state index is 0.105. The molecule has 33 heavy (non-hydrogen) atoms. The summed E-state index contributed by atoms with van der Waals surface area (Å²) in [6, 6.07) is 5.04. The third-order valence-corrected chi connectivity index (χ3v) is 6.86. The number of furan rings is 1. The molecular formula is C26H34N2O5. The van der Waals surface area contributed by atoms with Crippen molar-refractivity contribution in [1.29, 1.82) is 0 Å². The number of nitrogens with zero attached hydrogens (tertiary/aromatic N) is 1. The van der Waals surface area contributed by atoms with Gasteiger partial charge in [0.2, 0.25) is 6.23 Å². The number of rotatable bonds is 6. The number of carbonyl (C=O) groups is 2. The first-order valence-electron chi connectivity index (χ1n) is 12.3. The van der Waals surface area contributed by atoms with Crippen molar-refractivity contribution in [2.24, 2.45) is 5.92 Å². The van der Waals surface area contributed by atoms with Crippen LogP contribution in [0.4, 0.5) is 0 Å². The monoisotopic (exact) mass is 454 g/mol. The van der Waals surface area contributed by atoms with E-state index in [1.807, 2.05) is 4.57 Å². The van der Waals surface area contributed by atoms with Crippen molar-refractivity contribution in [2.45, 2.75) is 90.3 Å². The van der Waals surface area contributed by atoms with Gasteiger partial charge in [-0.15, -0.1) is 0 Å². The van der Waals surface area contributed by atoms with Crippen LogP contribution in [0.1, 0.15) is 98.3 Å². The molecule has 0 spiro atoms. The number of ether oxygens (including phenoxy) is 1. The van der Waals surface area contributed by atoms with Crippen LogP contribution in [-0.2, 0) is 28.9 Å². The normalized spacial score (nSPS) is 18.0. The van der Waals surface area contributed by atoms with E-state index >= 15 is 0 Å². The highest BCUT2D eigenvalue weighted by atomic mass is 16.6. The van der Waals surface area contributed by atoms with E-state index in [1.165, 1.54) is 38.9 Å². The van der Waals surface area contributed by atoms with E-state index in [9.17, 15) is 14.4 Å². The second-order valence-electron chi connectivity index (χ2n) is 9.34. The van der Waals surface area contributed by atoms with Gasteiger partial charge in [-0.2, -0.15) is 0 Å². The number of hydrogen-bond acceptors (Lipinski definition) is 5. The summed E-state index contributed by atoms with van der Waals surface area (Å²) in [4.78, 5) is 38.5. The highest BCUT2D eigenvalue weighted by Crippen LogP contribution is 2.27. The molecule has 1 N–H and O–H groups in total. The minimum atomic E-state index is -1.08. The standard InChI is InChI=1S/C26H34N2O5/c1-18(29)33-25(23-14-9-15-32-23)27-24(30)21-16-20-12-7-2-3-8-13-22(20)28(26(21)31)17-19-10-5-4-6-11-19/h9,14-16,19,25H,2-8,10-13,17H2,1H3,(H,27,30). The lowest BCUT2D eigenvalue weighted by Gasteiger charge is -2.27. The van der Waals surface area contributed by atoms with Crippen LogP contribution >= 0.6 is 0 Å². The van der Waals surface area contributed by atoms with Gasteiger partial charge >= 0.3 is 5.97 Å². The Hall–Kier alpha value is -2.83. The van der Waals surface area contributed by atoms with Gasteiger partial charge in [-0.3, -0.25) is 14.4 Å². The molecule has 0 aromatic carbocycles. The van der Waals surface area contributed by atoms with Crippen molar-refractivity contribution in [3.05, 3.63) is 57.4 Å². The van der Waals surface area contributed by atoms with Crippen molar-refractivity contribution in [3.8, 4) is 0 Å². The van der Waals surface area contributed by atoms with Crippen LogP contribution in [0.2, 0.25) is 0 Å². The Morgan fingerprint density at radius 2 is 1.85 bits per heavy atom. The third kappa shape index (κ3) is 5.75. The quantitative estimate of drug-likeness (QED) is 0.506. The van der Waals surface area contributed by atoms with Crippen LogP contribution in [0.25, 0.3) is 0 Å². The number of aromatic nitrogens is 1. The zero-order valence-electron chi connectivity index (χ0n) is 19.4. The number of fused-ring (bicyclic) bond motifs is 1. The molecule has 4 rings (SSSR count). The first-order valence-corrected chi connectivity index (χ1v) is 12.3. The van der Waals surface area contributed by atoms with Crippen molar-refractivity contribution in [2.75, 3.05) is 0 Å². The molecule has 0 radical (unpaired) electrons. The molecular weight excluding hydrogens is 420 g/mol. The Balaban J connectivity index is 1.68. The summed E-state index contributed by atoms with van der Waals surface area (Å²) in [5.74, 6) is -0.331. The molecule has 0 aliphatic heterocycles. The van der Waals surface area contributed by atoms with Crippen molar-refractivity contribution in [3.63, 3.8) is 0 Å². The molecule has 7 heteroatoms.